The van der Waals surface area contributed by atoms with Crippen LogP contribution in [0.4, 0.5) is 5.95 Å². The summed E-state index contributed by atoms with van der Waals surface area (Å²) in [4.78, 5) is 20.7. The lowest BCUT2D eigenvalue weighted by atomic mass is 9.64. The molecule has 3 heterocycles. The Morgan fingerprint density at radius 2 is 1.88 bits per heavy atom. The summed E-state index contributed by atoms with van der Waals surface area (Å²) < 4.78 is 13.3. The normalized spacial score (nSPS) is 23.7. The molecule has 2 atom stereocenters. The SMILES string of the molecule is COc1ccccc1-c1nc2n(n1)C1(CCCCC1)[C@@H]1CCCC[C@@H]1N2C(=O)c1ccco1. The van der Waals surface area contributed by atoms with Crippen molar-refractivity contribution in [3.63, 3.8) is 0 Å². The molecule has 0 N–H and O–H groups in total. The summed E-state index contributed by atoms with van der Waals surface area (Å²) in [5, 5.41) is 5.11. The van der Waals surface area contributed by atoms with Gasteiger partial charge in [0.25, 0.3) is 5.91 Å². The van der Waals surface area contributed by atoms with E-state index >= 15 is 0 Å². The zero-order valence-corrected chi connectivity index (χ0v) is 19.1. The fourth-order valence-electron chi connectivity index (χ4n) is 6.56. The average molecular weight is 447 g/mol. The van der Waals surface area contributed by atoms with Crippen molar-refractivity contribution in [2.24, 2.45) is 5.92 Å². The monoisotopic (exact) mass is 446 g/mol. The minimum Gasteiger partial charge on any atom is -0.496 e. The number of methoxy groups -OCH3 is 1. The molecule has 2 saturated carbocycles. The second-order valence-electron chi connectivity index (χ2n) is 9.62. The third-order valence-electron chi connectivity index (χ3n) is 8.00. The van der Waals surface area contributed by atoms with Gasteiger partial charge in [0.2, 0.25) is 5.95 Å². The maximum absolute atomic E-state index is 13.7. The quantitative estimate of drug-likeness (QED) is 0.537. The molecule has 1 amide bonds. The van der Waals surface area contributed by atoms with Gasteiger partial charge in [-0.15, -0.1) is 5.10 Å². The molecule has 6 rings (SSSR count). The molecule has 0 radical (unpaired) electrons. The van der Waals surface area contributed by atoms with Gasteiger partial charge in [0.15, 0.2) is 11.6 Å². The van der Waals surface area contributed by atoms with Crippen LogP contribution in [0.5, 0.6) is 5.75 Å². The highest BCUT2D eigenvalue weighted by molar-refractivity contribution is 6.04. The van der Waals surface area contributed by atoms with E-state index in [1.165, 1.54) is 25.7 Å². The number of ether oxygens (including phenoxy) is 1. The Kier molecular flexibility index (Phi) is 5.00. The molecule has 33 heavy (non-hydrogen) atoms. The topological polar surface area (TPSA) is 73.4 Å². The van der Waals surface area contributed by atoms with Gasteiger partial charge in [0.05, 0.1) is 24.5 Å². The highest BCUT2D eigenvalue weighted by Crippen LogP contribution is 2.53. The van der Waals surface area contributed by atoms with E-state index in [9.17, 15) is 4.79 Å². The van der Waals surface area contributed by atoms with Gasteiger partial charge in [-0.05, 0) is 49.9 Å². The lowest BCUT2D eigenvalue weighted by Crippen LogP contribution is -2.61. The molecule has 1 aromatic carbocycles. The summed E-state index contributed by atoms with van der Waals surface area (Å²) in [6.07, 6.45) is 11.8. The number of rotatable bonds is 3. The molecule has 2 aromatic heterocycles. The summed E-state index contributed by atoms with van der Waals surface area (Å²) in [7, 11) is 1.67. The number of nitrogens with zero attached hydrogens (tertiary/aromatic N) is 4. The number of aromatic nitrogens is 3. The molecule has 7 heteroatoms. The minimum absolute atomic E-state index is 0.0775. The van der Waals surface area contributed by atoms with Crippen molar-refractivity contribution in [2.45, 2.75) is 69.4 Å². The summed E-state index contributed by atoms with van der Waals surface area (Å²) >= 11 is 0. The first kappa shape index (κ1) is 20.5. The number of amides is 1. The maximum atomic E-state index is 13.7. The number of benzene rings is 1. The number of para-hydroxylation sites is 1. The average Bonchev–Trinajstić information content (AvgIpc) is 3.56. The number of hydrogen-bond acceptors (Lipinski definition) is 5. The molecule has 0 unspecified atom stereocenters. The molecule has 1 aliphatic heterocycles. The summed E-state index contributed by atoms with van der Waals surface area (Å²) in [5.41, 5.74) is 0.771. The standard InChI is InChI=1S/C26H30N4O3/c1-32-21-13-6-3-10-18(21)23-27-25-29(24(31)22-14-9-17-33-22)20-12-5-4-11-19(20)26(30(25)28-23)15-7-2-8-16-26/h3,6,9-10,13-14,17,19-20H,2,4-5,7-8,11-12,15-16H2,1H3/t19-,20+/m1/s1. The maximum Gasteiger partial charge on any atom is 0.296 e. The van der Waals surface area contributed by atoms with Crippen LogP contribution in [0, 0.1) is 5.92 Å². The van der Waals surface area contributed by atoms with E-state index in [0.717, 1.165) is 43.4 Å². The van der Waals surface area contributed by atoms with Crippen LogP contribution < -0.4 is 9.64 Å². The second-order valence-corrected chi connectivity index (χ2v) is 9.62. The fourth-order valence-corrected chi connectivity index (χ4v) is 6.56. The molecule has 0 bridgehead atoms. The summed E-state index contributed by atoms with van der Waals surface area (Å²) in [6, 6.07) is 11.5. The van der Waals surface area contributed by atoms with Crippen LogP contribution in [0.1, 0.15) is 68.3 Å². The third kappa shape index (κ3) is 3.12. The number of furan rings is 1. The Morgan fingerprint density at radius 3 is 2.67 bits per heavy atom. The lowest BCUT2D eigenvalue weighted by Gasteiger charge is -2.55. The molecule has 3 aliphatic rings. The first-order valence-electron chi connectivity index (χ1n) is 12.2. The third-order valence-corrected chi connectivity index (χ3v) is 8.00. The number of carbonyl (C=O) groups is 1. The van der Waals surface area contributed by atoms with Crippen molar-refractivity contribution >= 4 is 11.9 Å². The Bertz CT molecular complexity index is 1150. The lowest BCUT2D eigenvalue weighted by molar-refractivity contribution is 0.0309. The van der Waals surface area contributed by atoms with Gasteiger partial charge >= 0.3 is 0 Å². The molecular formula is C26H30N4O3. The summed E-state index contributed by atoms with van der Waals surface area (Å²) in [5.74, 6) is 2.62. The Morgan fingerprint density at radius 1 is 1.06 bits per heavy atom. The van der Waals surface area contributed by atoms with Gasteiger partial charge < -0.3 is 9.15 Å². The number of hydrogen-bond donors (Lipinski definition) is 0. The second kappa shape index (κ2) is 8.04. The largest absolute Gasteiger partial charge is 0.496 e. The Labute approximate surface area is 193 Å². The van der Waals surface area contributed by atoms with Gasteiger partial charge in [-0.2, -0.15) is 4.98 Å². The van der Waals surface area contributed by atoms with Crippen LogP contribution in [-0.4, -0.2) is 33.8 Å². The van der Waals surface area contributed by atoms with Gasteiger partial charge in [-0.3, -0.25) is 9.69 Å². The molecule has 1 spiro atoms. The highest BCUT2D eigenvalue weighted by atomic mass is 16.5. The highest BCUT2D eigenvalue weighted by Gasteiger charge is 2.55. The van der Waals surface area contributed by atoms with Gasteiger partial charge in [0, 0.05) is 12.0 Å². The van der Waals surface area contributed by atoms with Crippen molar-refractivity contribution in [2.75, 3.05) is 12.0 Å². The van der Waals surface area contributed by atoms with E-state index in [1.807, 2.05) is 29.2 Å². The van der Waals surface area contributed by atoms with Crippen molar-refractivity contribution in [1.82, 2.24) is 14.8 Å². The van der Waals surface area contributed by atoms with E-state index in [4.69, 9.17) is 19.2 Å². The van der Waals surface area contributed by atoms with Crippen LogP contribution in [0.3, 0.4) is 0 Å². The van der Waals surface area contributed by atoms with Crippen LogP contribution in [-0.2, 0) is 5.54 Å². The molecule has 2 aliphatic carbocycles. The molecule has 172 valence electrons. The Hall–Kier alpha value is -3.09. The molecule has 2 fully saturated rings. The van der Waals surface area contributed by atoms with Crippen LogP contribution in [0.2, 0.25) is 0 Å². The number of carbonyl (C=O) groups excluding carboxylic acids is 1. The van der Waals surface area contributed by atoms with E-state index in [-0.39, 0.29) is 17.5 Å². The number of fused-ring (bicyclic) bond motifs is 4. The number of anilines is 1. The zero-order valence-electron chi connectivity index (χ0n) is 19.1. The molecule has 0 saturated heterocycles. The van der Waals surface area contributed by atoms with Crippen molar-refractivity contribution in [3.05, 3.63) is 48.4 Å². The van der Waals surface area contributed by atoms with Crippen LogP contribution in [0.15, 0.2) is 47.1 Å². The molecular weight excluding hydrogens is 416 g/mol. The van der Waals surface area contributed by atoms with Crippen molar-refractivity contribution < 1.29 is 13.9 Å². The van der Waals surface area contributed by atoms with Gasteiger partial charge in [-0.25, -0.2) is 4.68 Å². The first-order valence-corrected chi connectivity index (χ1v) is 12.2. The first-order chi connectivity index (χ1) is 16.2. The minimum atomic E-state index is -0.122. The van der Waals surface area contributed by atoms with Crippen molar-refractivity contribution in [1.29, 1.82) is 0 Å². The summed E-state index contributed by atoms with van der Waals surface area (Å²) in [6.45, 7) is 0. The molecule has 3 aromatic rings. The zero-order chi connectivity index (χ0) is 22.4. The Balaban J connectivity index is 1.56. The van der Waals surface area contributed by atoms with E-state index < -0.39 is 0 Å². The van der Waals surface area contributed by atoms with Crippen molar-refractivity contribution in [3.8, 4) is 17.1 Å². The van der Waals surface area contributed by atoms with E-state index in [0.29, 0.717) is 23.5 Å². The predicted molar refractivity (Wildman–Crippen MR) is 124 cm³/mol. The van der Waals surface area contributed by atoms with Crippen LogP contribution in [0.25, 0.3) is 11.4 Å². The van der Waals surface area contributed by atoms with E-state index in [2.05, 4.69) is 4.68 Å². The van der Waals surface area contributed by atoms with Gasteiger partial charge in [-0.1, -0.05) is 44.2 Å². The van der Waals surface area contributed by atoms with Gasteiger partial charge in [0.1, 0.15) is 5.75 Å². The fraction of sp³-hybridized carbons (Fsp3) is 0.500. The smallest absolute Gasteiger partial charge is 0.296 e. The predicted octanol–water partition coefficient (Wildman–Crippen LogP) is 5.43. The molecule has 7 nitrogen and oxygen atoms in total. The van der Waals surface area contributed by atoms with E-state index in [1.54, 1.807) is 25.5 Å². The van der Waals surface area contributed by atoms with Crippen LogP contribution >= 0.6 is 0 Å².